The van der Waals surface area contributed by atoms with Gasteiger partial charge in [-0.2, -0.15) is 0 Å². The summed E-state index contributed by atoms with van der Waals surface area (Å²) in [6, 6.07) is 5.27. The molecule has 3 heterocycles. The number of alkyl halides is 2. The van der Waals surface area contributed by atoms with E-state index in [1.165, 1.54) is 0 Å². The Labute approximate surface area is 159 Å². The average Bonchev–Trinajstić information content (AvgIpc) is 3.29. The first-order valence-electron chi connectivity index (χ1n) is 8.84. The van der Waals surface area contributed by atoms with Crippen LogP contribution in [0.2, 0.25) is 0 Å². The Morgan fingerprint density at radius 2 is 1.96 bits per heavy atom. The number of hydrogen-bond donors (Lipinski definition) is 2. The van der Waals surface area contributed by atoms with Crippen LogP contribution in [0, 0.1) is 12.8 Å². The smallest absolute Gasteiger partial charge is 0.260 e. The van der Waals surface area contributed by atoms with E-state index in [0.29, 0.717) is 11.2 Å². The first kappa shape index (κ1) is 18.4. The van der Waals surface area contributed by atoms with Crippen LogP contribution < -0.4 is 5.32 Å². The molecule has 1 aliphatic rings. The number of anilines is 1. The maximum Gasteiger partial charge on any atom is 0.260 e. The molecule has 0 bridgehead atoms. The van der Waals surface area contributed by atoms with Crippen LogP contribution in [0.3, 0.4) is 0 Å². The van der Waals surface area contributed by atoms with Gasteiger partial charge < -0.3 is 10.4 Å². The van der Waals surface area contributed by atoms with E-state index in [1.54, 1.807) is 31.6 Å². The second-order valence-electron chi connectivity index (χ2n) is 7.09. The zero-order valence-corrected chi connectivity index (χ0v) is 15.3. The maximum absolute atomic E-state index is 13.0. The molecule has 0 radical (unpaired) electrons. The summed E-state index contributed by atoms with van der Waals surface area (Å²) in [5.74, 6) is -4.73. The predicted octanol–water partition coefficient (Wildman–Crippen LogP) is 3.65. The fourth-order valence-corrected chi connectivity index (χ4v) is 3.06. The number of amides is 1. The van der Waals surface area contributed by atoms with Crippen molar-refractivity contribution in [3.8, 4) is 11.1 Å². The first-order valence-corrected chi connectivity index (χ1v) is 8.84. The third-order valence-corrected chi connectivity index (χ3v) is 4.83. The van der Waals surface area contributed by atoms with Gasteiger partial charge in [-0.3, -0.25) is 14.8 Å². The molecule has 144 valence electrons. The van der Waals surface area contributed by atoms with E-state index in [2.05, 4.69) is 20.3 Å². The normalized spacial score (nSPS) is 18.7. The summed E-state index contributed by atoms with van der Waals surface area (Å²) in [4.78, 5) is 24.6. The van der Waals surface area contributed by atoms with Gasteiger partial charge in [-0.25, -0.2) is 13.8 Å². The van der Waals surface area contributed by atoms with Crippen molar-refractivity contribution >= 4 is 22.6 Å². The van der Waals surface area contributed by atoms with E-state index in [1.807, 2.05) is 19.1 Å². The Hall–Kier alpha value is -3.00. The number of aliphatic hydroxyl groups is 1. The zero-order chi connectivity index (χ0) is 20.1. The summed E-state index contributed by atoms with van der Waals surface area (Å²) in [5.41, 5.74) is 3.85. The lowest BCUT2D eigenvalue weighted by Gasteiger charge is -2.10. The van der Waals surface area contributed by atoms with Crippen LogP contribution in [0.4, 0.5) is 14.6 Å². The number of aliphatic hydroxyl groups excluding tert-OH is 1. The quantitative estimate of drug-likeness (QED) is 0.717. The van der Waals surface area contributed by atoms with Crippen molar-refractivity contribution in [1.82, 2.24) is 15.0 Å². The van der Waals surface area contributed by atoms with E-state index in [0.717, 1.165) is 22.1 Å². The minimum Gasteiger partial charge on any atom is -0.387 e. The Balaban J connectivity index is 1.59. The van der Waals surface area contributed by atoms with Crippen molar-refractivity contribution in [3.63, 3.8) is 0 Å². The van der Waals surface area contributed by atoms with Crippen molar-refractivity contribution in [3.05, 3.63) is 48.0 Å². The van der Waals surface area contributed by atoms with E-state index >= 15 is 0 Å². The molecule has 2 atom stereocenters. The highest BCUT2D eigenvalue weighted by molar-refractivity contribution is 5.96. The summed E-state index contributed by atoms with van der Waals surface area (Å²) in [6.45, 7) is 3.59. The van der Waals surface area contributed by atoms with Gasteiger partial charge in [-0.15, -0.1) is 0 Å². The predicted molar refractivity (Wildman–Crippen MR) is 99.8 cm³/mol. The van der Waals surface area contributed by atoms with Crippen LogP contribution in [0.25, 0.3) is 22.0 Å². The van der Waals surface area contributed by atoms with Gasteiger partial charge >= 0.3 is 0 Å². The largest absolute Gasteiger partial charge is 0.387 e. The minimum absolute atomic E-state index is 0.194. The molecule has 1 saturated carbocycles. The highest BCUT2D eigenvalue weighted by Crippen LogP contribution is 2.49. The lowest BCUT2D eigenvalue weighted by Crippen LogP contribution is -2.18. The molecule has 4 rings (SSSR count). The maximum atomic E-state index is 13.0. The number of halogens is 2. The van der Waals surface area contributed by atoms with Crippen molar-refractivity contribution in [2.45, 2.75) is 32.3 Å². The molecule has 28 heavy (non-hydrogen) atoms. The second kappa shape index (κ2) is 6.56. The molecule has 2 N–H and O–H groups in total. The molecular weight excluding hydrogens is 366 g/mol. The lowest BCUT2D eigenvalue weighted by molar-refractivity contribution is -0.119. The Morgan fingerprint density at radius 1 is 1.21 bits per heavy atom. The van der Waals surface area contributed by atoms with E-state index < -0.39 is 30.3 Å². The van der Waals surface area contributed by atoms with Crippen LogP contribution >= 0.6 is 0 Å². The van der Waals surface area contributed by atoms with Crippen molar-refractivity contribution < 1.29 is 18.7 Å². The van der Waals surface area contributed by atoms with Crippen LogP contribution in [0.1, 0.15) is 30.7 Å². The first-order chi connectivity index (χ1) is 13.2. The van der Waals surface area contributed by atoms with Gasteiger partial charge in [0.15, 0.2) is 0 Å². The molecule has 1 amide bonds. The zero-order valence-electron chi connectivity index (χ0n) is 15.3. The summed E-state index contributed by atoms with van der Waals surface area (Å²) >= 11 is 0. The van der Waals surface area contributed by atoms with Crippen molar-refractivity contribution in [2.24, 2.45) is 5.92 Å². The number of nitrogens with one attached hydrogen (secondary N) is 1. The van der Waals surface area contributed by atoms with E-state index in [4.69, 9.17) is 0 Å². The van der Waals surface area contributed by atoms with E-state index in [9.17, 15) is 18.7 Å². The molecule has 8 heteroatoms. The topological polar surface area (TPSA) is 88.0 Å². The molecule has 3 aromatic rings. The van der Waals surface area contributed by atoms with Gasteiger partial charge in [-0.05, 0) is 31.5 Å². The molecule has 0 spiro atoms. The highest BCUT2D eigenvalue weighted by Gasteiger charge is 2.61. The molecule has 6 nitrogen and oxygen atoms in total. The lowest BCUT2D eigenvalue weighted by atomic mass is 10.0. The molecule has 1 fully saturated rings. The number of pyridine rings is 3. The number of carbonyl (C=O) groups is 1. The standard InChI is InChI=1S/C20H18F2N4O2/c1-10-3-16(11(2)27)24-9-14(10)12-4-13-8-25-18(5-17(13)23-7-12)26-19(28)15-6-20(15,21)22/h3-5,7-9,11,15,27H,6H2,1-2H3,(H,25,26,28)/t11?,15-/m1/s1. The van der Waals surface area contributed by atoms with Gasteiger partial charge in [-0.1, -0.05) is 0 Å². The summed E-state index contributed by atoms with van der Waals surface area (Å²) < 4.78 is 26.0. The third-order valence-electron chi connectivity index (χ3n) is 4.83. The summed E-state index contributed by atoms with van der Waals surface area (Å²) in [7, 11) is 0. The van der Waals surface area contributed by atoms with Crippen LogP contribution in [0.15, 0.2) is 36.8 Å². The fraction of sp³-hybridized carbons (Fsp3) is 0.300. The van der Waals surface area contributed by atoms with Crippen molar-refractivity contribution in [1.29, 1.82) is 0 Å². The van der Waals surface area contributed by atoms with Gasteiger partial charge in [0.05, 0.1) is 17.3 Å². The van der Waals surface area contributed by atoms with Crippen LogP contribution in [-0.4, -0.2) is 31.9 Å². The number of carbonyl (C=O) groups excluding carboxylic acids is 1. The summed E-state index contributed by atoms with van der Waals surface area (Å²) in [6.07, 6.45) is 3.85. The van der Waals surface area contributed by atoms with Gasteiger partial charge in [0.25, 0.3) is 5.92 Å². The number of rotatable bonds is 4. The Bertz CT molecular complexity index is 1080. The molecular formula is C20H18F2N4O2. The van der Waals surface area contributed by atoms with Crippen molar-refractivity contribution in [2.75, 3.05) is 5.32 Å². The number of nitrogens with zero attached hydrogens (tertiary/aromatic N) is 3. The van der Waals surface area contributed by atoms with E-state index in [-0.39, 0.29) is 5.82 Å². The average molecular weight is 384 g/mol. The third kappa shape index (κ3) is 3.43. The van der Waals surface area contributed by atoms with Gasteiger partial charge in [0.2, 0.25) is 5.91 Å². The van der Waals surface area contributed by atoms with Crippen LogP contribution in [-0.2, 0) is 4.79 Å². The number of fused-ring (bicyclic) bond motifs is 1. The number of aromatic nitrogens is 3. The Kier molecular flexibility index (Phi) is 4.30. The van der Waals surface area contributed by atoms with Crippen LogP contribution in [0.5, 0.6) is 0 Å². The molecule has 1 aliphatic carbocycles. The highest BCUT2D eigenvalue weighted by atomic mass is 19.3. The van der Waals surface area contributed by atoms with Gasteiger partial charge in [0, 0.05) is 47.6 Å². The van der Waals surface area contributed by atoms with Gasteiger partial charge in [0.1, 0.15) is 11.7 Å². The number of aryl methyl sites for hydroxylation is 1. The molecule has 1 unspecified atom stereocenters. The number of hydrogen-bond acceptors (Lipinski definition) is 5. The monoisotopic (exact) mass is 384 g/mol. The molecule has 0 aromatic carbocycles. The minimum atomic E-state index is -2.91. The summed E-state index contributed by atoms with van der Waals surface area (Å²) in [5, 5.41) is 12.8. The molecule has 3 aromatic heterocycles. The molecule has 0 aliphatic heterocycles. The Morgan fingerprint density at radius 3 is 2.61 bits per heavy atom. The SMILES string of the molecule is Cc1cc(C(C)O)ncc1-c1cnc2cc(NC(=O)[C@H]3CC3(F)F)ncc2c1. The molecule has 0 saturated heterocycles. The second-order valence-corrected chi connectivity index (χ2v) is 7.09. The fourth-order valence-electron chi connectivity index (χ4n) is 3.06.